The lowest BCUT2D eigenvalue weighted by molar-refractivity contribution is -0.908. The van der Waals surface area contributed by atoms with E-state index in [1.165, 1.54) is 44.8 Å². The van der Waals surface area contributed by atoms with Crippen LogP contribution < -0.4 is 4.90 Å². The van der Waals surface area contributed by atoms with Crippen LogP contribution in [0, 0.1) is 23.2 Å². The van der Waals surface area contributed by atoms with E-state index in [2.05, 4.69) is 26.8 Å². The van der Waals surface area contributed by atoms with Crippen LogP contribution in [0.4, 0.5) is 0 Å². The number of likely N-dealkylation sites (tertiary alicyclic amines) is 1. The van der Waals surface area contributed by atoms with Gasteiger partial charge in [-0.25, -0.2) is 0 Å². The van der Waals surface area contributed by atoms with Gasteiger partial charge in [-0.3, -0.25) is 4.79 Å². The molecule has 0 spiro atoms. The lowest BCUT2D eigenvalue weighted by Crippen LogP contribution is -3.14. The van der Waals surface area contributed by atoms with Crippen LogP contribution in [0.5, 0.6) is 0 Å². The molecule has 24 heavy (non-hydrogen) atoms. The normalized spacial score (nSPS) is 40.1. The van der Waals surface area contributed by atoms with Crippen molar-refractivity contribution in [1.29, 1.82) is 0 Å². The number of fused-ring (bicyclic) bond motifs is 2. The number of allylic oxidation sites excluding steroid dienone is 1. The number of hydrogen-bond acceptors (Lipinski definition) is 3. The van der Waals surface area contributed by atoms with Gasteiger partial charge in [0.2, 0.25) is 0 Å². The molecule has 1 aliphatic carbocycles. The van der Waals surface area contributed by atoms with Gasteiger partial charge in [0.25, 0.3) is 0 Å². The summed E-state index contributed by atoms with van der Waals surface area (Å²) in [5.41, 5.74) is 1.40. The molecular formula is C20H34NO3+. The first-order chi connectivity index (χ1) is 11.4. The van der Waals surface area contributed by atoms with Crippen LogP contribution in [0.2, 0.25) is 0 Å². The molecular weight excluding hydrogens is 302 g/mol. The minimum absolute atomic E-state index is 0.0659. The van der Waals surface area contributed by atoms with Crippen molar-refractivity contribution in [2.24, 2.45) is 23.2 Å². The number of piperidine rings is 1. The molecule has 0 amide bonds. The first kappa shape index (κ1) is 17.9. The van der Waals surface area contributed by atoms with Crippen LogP contribution in [0.25, 0.3) is 0 Å². The molecule has 0 aromatic carbocycles. The molecule has 136 valence electrons. The Morgan fingerprint density at radius 2 is 2.04 bits per heavy atom. The maximum Gasteiger partial charge on any atom is 0.302 e. The predicted molar refractivity (Wildman–Crippen MR) is 93.8 cm³/mol. The highest BCUT2D eigenvalue weighted by Crippen LogP contribution is 2.52. The van der Waals surface area contributed by atoms with Gasteiger partial charge in [0.15, 0.2) is 0 Å². The van der Waals surface area contributed by atoms with E-state index in [0.29, 0.717) is 37.1 Å². The lowest BCUT2D eigenvalue weighted by atomic mass is 9.56. The summed E-state index contributed by atoms with van der Waals surface area (Å²) in [6.07, 6.45) is 6.81. The lowest BCUT2D eigenvalue weighted by Gasteiger charge is -2.55. The van der Waals surface area contributed by atoms with Crippen LogP contribution in [-0.2, 0) is 14.3 Å². The first-order valence-electron chi connectivity index (χ1n) is 9.71. The molecule has 2 saturated heterocycles. The maximum absolute atomic E-state index is 11.4. The number of carbonyl (C=O) groups excluding carboxylic acids is 1. The van der Waals surface area contributed by atoms with Gasteiger partial charge in [0, 0.05) is 18.3 Å². The minimum atomic E-state index is -0.188. The Bertz CT molecular complexity index is 497. The third-order valence-corrected chi connectivity index (χ3v) is 6.95. The van der Waals surface area contributed by atoms with E-state index in [0.717, 1.165) is 6.54 Å². The fourth-order valence-corrected chi connectivity index (χ4v) is 5.35. The van der Waals surface area contributed by atoms with Gasteiger partial charge in [-0.2, -0.15) is 0 Å². The summed E-state index contributed by atoms with van der Waals surface area (Å²) in [6, 6.07) is 0. The second-order valence-electron chi connectivity index (χ2n) is 8.39. The van der Waals surface area contributed by atoms with Crippen molar-refractivity contribution in [3.05, 3.63) is 11.6 Å². The summed E-state index contributed by atoms with van der Waals surface area (Å²) < 4.78 is 11.9. The standard InChI is InChI=1S/C20H33NO3/c1-14-10-15(2)20(12-23-17(4)22)13-24-18(19(14)16(20)3)11-21-8-6-5-7-9-21/h10,15-16,18-19H,5-9,11-13H2,1-4H3/p+1/t15-,16+,18+,19-,20-/m0/s1. The van der Waals surface area contributed by atoms with E-state index in [9.17, 15) is 4.79 Å². The Morgan fingerprint density at radius 1 is 1.33 bits per heavy atom. The second-order valence-corrected chi connectivity index (χ2v) is 8.39. The van der Waals surface area contributed by atoms with Crippen molar-refractivity contribution in [1.82, 2.24) is 0 Å². The van der Waals surface area contributed by atoms with Crippen LogP contribution in [0.1, 0.15) is 47.0 Å². The maximum atomic E-state index is 11.4. The summed E-state index contributed by atoms with van der Waals surface area (Å²) in [5, 5.41) is 0. The zero-order chi connectivity index (χ0) is 17.3. The van der Waals surface area contributed by atoms with Crippen molar-refractivity contribution >= 4 is 5.97 Å². The largest absolute Gasteiger partial charge is 0.465 e. The number of ether oxygens (including phenoxy) is 2. The molecule has 3 rings (SSSR count). The van der Waals surface area contributed by atoms with Crippen LogP contribution in [-0.4, -0.2) is 44.9 Å². The Balaban J connectivity index is 1.77. The van der Waals surface area contributed by atoms with E-state index < -0.39 is 0 Å². The highest BCUT2D eigenvalue weighted by molar-refractivity contribution is 5.65. The third-order valence-electron chi connectivity index (χ3n) is 6.95. The summed E-state index contributed by atoms with van der Waals surface area (Å²) in [7, 11) is 0. The number of quaternary nitrogens is 1. The minimum Gasteiger partial charge on any atom is -0.465 e. The van der Waals surface area contributed by atoms with E-state index in [4.69, 9.17) is 9.47 Å². The van der Waals surface area contributed by atoms with Gasteiger partial charge in [-0.05, 0) is 38.0 Å². The fourth-order valence-electron chi connectivity index (χ4n) is 5.35. The molecule has 4 nitrogen and oxygen atoms in total. The molecule has 3 aliphatic rings. The second kappa shape index (κ2) is 7.17. The molecule has 0 aromatic rings. The highest BCUT2D eigenvalue weighted by atomic mass is 16.5. The first-order valence-corrected chi connectivity index (χ1v) is 9.71. The van der Waals surface area contributed by atoms with Crippen LogP contribution in [0.3, 0.4) is 0 Å². The van der Waals surface area contributed by atoms with E-state index in [1.807, 2.05) is 0 Å². The summed E-state index contributed by atoms with van der Waals surface area (Å²) in [6.45, 7) is 13.3. The van der Waals surface area contributed by atoms with Gasteiger partial charge >= 0.3 is 5.97 Å². The number of carbonyl (C=O) groups is 1. The summed E-state index contributed by atoms with van der Waals surface area (Å²) in [4.78, 5) is 13.1. The van der Waals surface area contributed by atoms with Crippen molar-refractivity contribution in [2.75, 3.05) is 32.8 Å². The molecule has 2 aliphatic heterocycles. The van der Waals surface area contributed by atoms with Gasteiger partial charge in [0.1, 0.15) is 12.6 Å². The van der Waals surface area contributed by atoms with E-state index >= 15 is 0 Å². The molecule has 0 radical (unpaired) electrons. The molecule has 1 N–H and O–H groups in total. The number of rotatable bonds is 4. The zero-order valence-electron chi connectivity index (χ0n) is 15.8. The third kappa shape index (κ3) is 3.28. The Morgan fingerprint density at radius 3 is 2.71 bits per heavy atom. The smallest absolute Gasteiger partial charge is 0.302 e. The molecule has 4 heteroatoms. The average Bonchev–Trinajstić information content (AvgIpc) is 2.54. The molecule has 2 heterocycles. The molecule has 5 atom stereocenters. The Labute approximate surface area is 146 Å². The number of nitrogens with one attached hydrogen (secondary N) is 1. The van der Waals surface area contributed by atoms with Crippen molar-refractivity contribution < 1.29 is 19.2 Å². The molecule has 0 aromatic heterocycles. The van der Waals surface area contributed by atoms with Gasteiger partial charge in [0.05, 0.1) is 26.3 Å². The van der Waals surface area contributed by atoms with Gasteiger partial charge in [-0.15, -0.1) is 0 Å². The van der Waals surface area contributed by atoms with Gasteiger partial charge in [-0.1, -0.05) is 25.5 Å². The predicted octanol–water partition coefficient (Wildman–Crippen LogP) is 1.85. The molecule has 0 unspecified atom stereocenters. The zero-order valence-corrected chi connectivity index (χ0v) is 15.8. The van der Waals surface area contributed by atoms with Gasteiger partial charge < -0.3 is 14.4 Å². The SMILES string of the molecule is CC(=O)OC[C@]12CO[C@H](C[NH+]3CCCCC3)[C@@H](C(C)=C[C@@H]1C)[C@H]2C. The molecule has 2 fully saturated rings. The van der Waals surface area contributed by atoms with Crippen molar-refractivity contribution in [3.8, 4) is 0 Å². The average molecular weight is 336 g/mol. The summed E-state index contributed by atoms with van der Waals surface area (Å²) in [5.74, 6) is 1.14. The summed E-state index contributed by atoms with van der Waals surface area (Å²) >= 11 is 0. The number of esters is 1. The fraction of sp³-hybridized carbons (Fsp3) is 0.850. The van der Waals surface area contributed by atoms with Crippen LogP contribution >= 0.6 is 0 Å². The highest BCUT2D eigenvalue weighted by Gasteiger charge is 2.54. The van der Waals surface area contributed by atoms with E-state index in [-0.39, 0.29) is 11.4 Å². The molecule has 2 bridgehead atoms. The van der Waals surface area contributed by atoms with Crippen molar-refractivity contribution in [2.45, 2.75) is 53.1 Å². The van der Waals surface area contributed by atoms with Crippen molar-refractivity contribution in [3.63, 3.8) is 0 Å². The number of hydrogen-bond donors (Lipinski definition) is 1. The van der Waals surface area contributed by atoms with Crippen LogP contribution in [0.15, 0.2) is 11.6 Å². The monoisotopic (exact) mass is 336 g/mol. The van der Waals surface area contributed by atoms with E-state index in [1.54, 1.807) is 4.90 Å². The topological polar surface area (TPSA) is 40.0 Å². The Hall–Kier alpha value is -0.870. The Kier molecular flexibility index (Phi) is 5.36. The quantitative estimate of drug-likeness (QED) is 0.629. The molecule has 0 saturated carbocycles.